The minimum absolute atomic E-state index is 0.422. The number of nitrogens with two attached hydrogens (primary N) is 1. The second-order valence-corrected chi connectivity index (χ2v) is 6.01. The van der Waals surface area contributed by atoms with Crippen molar-refractivity contribution in [3.63, 3.8) is 0 Å². The number of hydrogen-bond donors (Lipinski definition) is 2. The second kappa shape index (κ2) is 7.17. The van der Waals surface area contributed by atoms with Crippen molar-refractivity contribution in [2.24, 2.45) is 5.73 Å². The average molecular weight is 355 g/mol. The van der Waals surface area contributed by atoms with Gasteiger partial charge in [-0.15, -0.1) is 0 Å². The molecule has 0 saturated carbocycles. The van der Waals surface area contributed by atoms with E-state index in [1.54, 1.807) is 12.3 Å². The fourth-order valence-electron chi connectivity index (χ4n) is 2.88. The number of fused-ring (bicyclic) bond motifs is 1. The zero-order chi connectivity index (χ0) is 18.6. The number of nitrogens with zero attached hydrogens (tertiary/aromatic N) is 1. The summed E-state index contributed by atoms with van der Waals surface area (Å²) in [6.07, 6.45) is 5.30. The predicted molar refractivity (Wildman–Crippen MR) is 106 cm³/mol. The number of aromatic amines is 1. The fourth-order valence-corrected chi connectivity index (χ4v) is 2.88. The van der Waals surface area contributed by atoms with Gasteiger partial charge in [0.05, 0.1) is 0 Å². The second-order valence-electron chi connectivity index (χ2n) is 6.01. The molecule has 27 heavy (non-hydrogen) atoms. The van der Waals surface area contributed by atoms with Crippen molar-refractivity contribution < 1.29 is 9.53 Å². The molecule has 0 saturated heterocycles. The molecule has 4 aromatic rings. The molecule has 0 bridgehead atoms. The first kappa shape index (κ1) is 16.6. The van der Waals surface area contributed by atoms with Crippen LogP contribution in [0.2, 0.25) is 0 Å². The molecular weight excluding hydrogens is 338 g/mol. The van der Waals surface area contributed by atoms with E-state index >= 15 is 0 Å². The molecule has 5 nitrogen and oxygen atoms in total. The molecule has 0 fully saturated rings. The summed E-state index contributed by atoms with van der Waals surface area (Å²) in [5, 5.41) is 0.931. The highest BCUT2D eigenvalue weighted by molar-refractivity contribution is 6.24. The van der Waals surface area contributed by atoms with E-state index in [2.05, 4.69) is 9.97 Å². The maximum atomic E-state index is 12.0. The minimum Gasteiger partial charge on any atom is -0.457 e. The van der Waals surface area contributed by atoms with Crippen LogP contribution >= 0.6 is 0 Å². The number of H-pyrrole nitrogens is 1. The van der Waals surface area contributed by atoms with E-state index in [1.165, 1.54) is 0 Å². The number of nitrogens with one attached hydrogen (secondary N) is 1. The zero-order valence-corrected chi connectivity index (χ0v) is 14.4. The van der Waals surface area contributed by atoms with Gasteiger partial charge in [0.2, 0.25) is 5.91 Å². The predicted octanol–water partition coefficient (Wildman–Crippen LogP) is 4.38. The van der Waals surface area contributed by atoms with Gasteiger partial charge in [0, 0.05) is 28.9 Å². The summed E-state index contributed by atoms with van der Waals surface area (Å²) in [6.45, 7) is 0. The van der Waals surface area contributed by atoms with E-state index in [0.717, 1.165) is 27.9 Å². The van der Waals surface area contributed by atoms with Crippen LogP contribution in [0.25, 0.3) is 22.7 Å². The summed E-state index contributed by atoms with van der Waals surface area (Å²) in [6, 6.07) is 20.6. The van der Waals surface area contributed by atoms with Gasteiger partial charge < -0.3 is 15.5 Å². The Bertz CT molecular complexity index is 1110. The van der Waals surface area contributed by atoms with E-state index in [9.17, 15) is 4.79 Å². The molecular formula is C22H17N3O2. The Morgan fingerprint density at radius 3 is 2.44 bits per heavy atom. The number of carbonyl (C=O) groups is 1. The van der Waals surface area contributed by atoms with Crippen molar-refractivity contribution in [3.05, 3.63) is 90.3 Å². The van der Waals surface area contributed by atoms with Crippen LogP contribution in [0.5, 0.6) is 11.5 Å². The van der Waals surface area contributed by atoms with Crippen LogP contribution in [-0.4, -0.2) is 15.9 Å². The van der Waals surface area contributed by atoms with E-state index in [-0.39, 0.29) is 0 Å². The molecule has 2 aromatic carbocycles. The van der Waals surface area contributed by atoms with E-state index in [1.807, 2.05) is 72.9 Å². The monoisotopic (exact) mass is 355 g/mol. The van der Waals surface area contributed by atoms with Crippen molar-refractivity contribution in [2.45, 2.75) is 0 Å². The smallest absolute Gasteiger partial charge is 0.249 e. The van der Waals surface area contributed by atoms with Gasteiger partial charge in [-0.2, -0.15) is 0 Å². The molecule has 1 amide bonds. The third-order valence-corrected chi connectivity index (χ3v) is 4.19. The molecule has 2 heterocycles. The van der Waals surface area contributed by atoms with Gasteiger partial charge in [0.25, 0.3) is 0 Å². The highest BCUT2D eigenvalue weighted by Gasteiger charge is 2.11. The van der Waals surface area contributed by atoms with Gasteiger partial charge in [-0.25, -0.2) is 4.98 Å². The van der Waals surface area contributed by atoms with Crippen LogP contribution in [0, 0.1) is 0 Å². The summed E-state index contributed by atoms with van der Waals surface area (Å²) < 4.78 is 5.79. The first-order valence-electron chi connectivity index (χ1n) is 8.47. The fraction of sp³-hybridized carbons (Fsp3) is 0. The molecule has 3 N–H and O–H groups in total. The number of para-hydroxylation sites is 1. The van der Waals surface area contributed by atoms with Gasteiger partial charge in [-0.05, 0) is 48.0 Å². The van der Waals surface area contributed by atoms with Crippen LogP contribution in [0.3, 0.4) is 0 Å². The van der Waals surface area contributed by atoms with Crippen molar-refractivity contribution in [2.75, 3.05) is 0 Å². The van der Waals surface area contributed by atoms with Gasteiger partial charge in [-0.1, -0.05) is 30.3 Å². The first-order chi connectivity index (χ1) is 13.2. The average Bonchev–Trinajstić information content (AvgIpc) is 3.10. The van der Waals surface area contributed by atoms with Crippen LogP contribution in [0.15, 0.2) is 79.1 Å². The van der Waals surface area contributed by atoms with Crippen LogP contribution < -0.4 is 10.5 Å². The number of carbonyl (C=O) groups excluding carboxylic acids is 1. The van der Waals surface area contributed by atoms with Crippen molar-refractivity contribution >= 4 is 28.6 Å². The quantitative estimate of drug-likeness (QED) is 0.521. The van der Waals surface area contributed by atoms with Crippen LogP contribution in [0.1, 0.15) is 11.1 Å². The minimum atomic E-state index is -0.495. The Morgan fingerprint density at radius 2 is 1.70 bits per heavy atom. The van der Waals surface area contributed by atoms with Crippen LogP contribution in [0.4, 0.5) is 0 Å². The lowest BCUT2D eigenvalue weighted by Gasteiger charge is -2.08. The number of amides is 1. The third-order valence-electron chi connectivity index (χ3n) is 4.19. The maximum Gasteiger partial charge on any atom is 0.249 e. The third kappa shape index (κ3) is 3.57. The number of hydrogen-bond acceptors (Lipinski definition) is 3. The summed E-state index contributed by atoms with van der Waals surface area (Å²) in [4.78, 5) is 19.4. The number of primary amides is 1. The van der Waals surface area contributed by atoms with Gasteiger partial charge in [-0.3, -0.25) is 4.79 Å². The van der Waals surface area contributed by atoms with Gasteiger partial charge in [0.1, 0.15) is 17.1 Å². The molecule has 132 valence electrons. The molecule has 2 aromatic heterocycles. The van der Waals surface area contributed by atoms with E-state index in [4.69, 9.17) is 10.5 Å². The molecule has 0 radical (unpaired) electrons. The standard InChI is InChI=1S/C22H17N3O2/c23-21(26)20(13-16-14-25-22-19(16)7-4-12-24-22)15-8-10-18(11-9-15)27-17-5-2-1-3-6-17/h1-14H,(H2,23,26)(H,24,25). The Kier molecular flexibility index (Phi) is 4.41. The molecule has 0 aliphatic heterocycles. The van der Waals surface area contributed by atoms with Crippen molar-refractivity contribution in [3.8, 4) is 11.5 Å². The number of pyridine rings is 1. The van der Waals surface area contributed by atoms with Gasteiger partial charge >= 0.3 is 0 Å². The lowest BCUT2D eigenvalue weighted by molar-refractivity contribution is -0.112. The zero-order valence-electron chi connectivity index (χ0n) is 14.4. The van der Waals surface area contributed by atoms with Crippen molar-refractivity contribution in [1.82, 2.24) is 9.97 Å². The van der Waals surface area contributed by atoms with E-state index < -0.39 is 5.91 Å². The lowest BCUT2D eigenvalue weighted by Crippen LogP contribution is -2.12. The van der Waals surface area contributed by atoms with Crippen LogP contribution in [-0.2, 0) is 4.79 Å². The number of rotatable bonds is 5. The Labute approximate surface area is 156 Å². The lowest BCUT2D eigenvalue weighted by atomic mass is 10.0. The molecule has 0 aliphatic carbocycles. The normalized spacial score (nSPS) is 11.5. The topological polar surface area (TPSA) is 81.0 Å². The molecule has 5 heteroatoms. The highest BCUT2D eigenvalue weighted by Crippen LogP contribution is 2.26. The Morgan fingerprint density at radius 1 is 0.963 bits per heavy atom. The Balaban J connectivity index is 1.65. The number of aromatic nitrogens is 2. The molecule has 0 spiro atoms. The summed E-state index contributed by atoms with van der Waals surface area (Å²) in [5.41, 5.74) is 8.39. The van der Waals surface area contributed by atoms with Gasteiger partial charge in [0.15, 0.2) is 0 Å². The first-order valence-corrected chi connectivity index (χ1v) is 8.47. The molecule has 0 unspecified atom stereocenters. The summed E-state index contributed by atoms with van der Waals surface area (Å²) in [7, 11) is 0. The molecule has 4 rings (SSSR count). The molecule has 0 atom stereocenters. The summed E-state index contributed by atoms with van der Waals surface area (Å²) in [5.74, 6) is 0.942. The largest absolute Gasteiger partial charge is 0.457 e. The maximum absolute atomic E-state index is 12.0. The number of ether oxygens (including phenoxy) is 1. The van der Waals surface area contributed by atoms with E-state index in [0.29, 0.717) is 11.3 Å². The summed E-state index contributed by atoms with van der Waals surface area (Å²) >= 11 is 0. The van der Waals surface area contributed by atoms with Crippen molar-refractivity contribution in [1.29, 1.82) is 0 Å². The SMILES string of the molecule is NC(=O)C(=Cc1c[nH]c2ncccc12)c1ccc(Oc2ccccc2)cc1. The number of benzene rings is 2. The Hall–Kier alpha value is -3.86. The highest BCUT2D eigenvalue weighted by atomic mass is 16.5. The molecule has 0 aliphatic rings.